The highest BCUT2D eigenvalue weighted by molar-refractivity contribution is 9.10. The number of aromatic nitrogens is 1. The lowest BCUT2D eigenvalue weighted by atomic mass is 9.98. The number of aryl methyl sites for hydroxylation is 1. The number of rotatable bonds is 6. The second kappa shape index (κ2) is 8.44. The van der Waals surface area contributed by atoms with Crippen LogP contribution in [0.1, 0.15) is 60.2 Å². The van der Waals surface area contributed by atoms with Crippen molar-refractivity contribution in [3.8, 4) is 0 Å². The largest absolute Gasteiger partial charge is 0.449 e. The highest BCUT2D eigenvalue weighted by atomic mass is 79.9. The zero-order valence-electron chi connectivity index (χ0n) is 17.3. The van der Waals surface area contributed by atoms with Crippen molar-refractivity contribution in [2.45, 2.75) is 45.3 Å². The monoisotopic (exact) mass is 539 g/mol. The summed E-state index contributed by atoms with van der Waals surface area (Å²) in [5.74, 6) is -0.255. The highest BCUT2D eigenvalue weighted by Gasteiger charge is 2.33. The molecule has 0 radical (unpaired) electrons. The molecule has 0 spiro atoms. The number of carbonyl (C=O) groups is 1. The van der Waals surface area contributed by atoms with Crippen LogP contribution in [0.3, 0.4) is 0 Å². The van der Waals surface area contributed by atoms with Crippen LogP contribution in [0.15, 0.2) is 63.5 Å². The van der Waals surface area contributed by atoms with Gasteiger partial charge in [-0.05, 0) is 36.8 Å². The van der Waals surface area contributed by atoms with Crippen molar-refractivity contribution < 1.29 is 9.53 Å². The van der Waals surface area contributed by atoms with E-state index in [0.29, 0.717) is 5.56 Å². The molecule has 3 aromatic carbocycles. The molecule has 0 fully saturated rings. The Morgan fingerprint density at radius 2 is 1.71 bits per heavy atom. The molecule has 1 atom stereocenters. The fraction of sp³-hybridized carbons (Fsp3) is 0.269. The average molecular weight is 541 g/mol. The van der Waals surface area contributed by atoms with E-state index in [1.807, 2.05) is 24.3 Å². The van der Waals surface area contributed by atoms with Gasteiger partial charge in [-0.3, -0.25) is 0 Å². The minimum Gasteiger partial charge on any atom is -0.449 e. The molecule has 4 aromatic rings. The van der Waals surface area contributed by atoms with Gasteiger partial charge in [0.05, 0.1) is 16.6 Å². The summed E-state index contributed by atoms with van der Waals surface area (Å²) in [4.78, 5) is 12.4. The zero-order chi connectivity index (χ0) is 21.5. The van der Waals surface area contributed by atoms with Gasteiger partial charge in [0.2, 0.25) is 0 Å². The summed E-state index contributed by atoms with van der Waals surface area (Å²) >= 11 is 7.43. The van der Waals surface area contributed by atoms with Crippen molar-refractivity contribution in [2.24, 2.45) is 0 Å². The number of hydrogen-bond acceptors (Lipinski definition) is 2. The fourth-order valence-electron chi connectivity index (χ4n) is 4.62. The Hall–Kier alpha value is -2.11. The summed E-state index contributed by atoms with van der Waals surface area (Å²) in [5.41, 5.74) is 5.01. The number of ether oxygens (including phenoxy) is 1. The van der Waals surface area contributed by atoms with Crippen LogP contribution in [0, 0.1) is 0 Å². The summed E-state index contributed by atoms with van der Waals surface area (Å²) in [6.45, 7) is 3.23. The van der Waals surface area contributed by atoms with Crippen molar-refractivity contribution in [1.82, 2.24) is 4.57 Å². The van der Waals surface area contributed by atoms with Crippen molar-refractivity contribution in [3.63, 3.8) is 0 Å². The lowest BCUT2D eigenvalue weighted by Crippen LogP contribution is -2.02. The Kier molecular flexibility index (Phi) is 5.65. The third-order valence-electron chi connectivity index (χ3n) is 6.15. The number of cyclic esters (lactones) is 1. The predicted molar refractivity (Wildman–Crippen MR) is 133 cm³/mol. The predicted octanol–water partition coefficient (Wildman–Crippen LogP) is 8.16. The summed E-state index contributed by atoms with van der Waals surface area (Å²) in [5, 5.41) is 2.41. The maximum Gasteiger partial charge on any atom is 0.339 e. The van der Waals surface area contributed by atoms with Gasteiger partial charge in [-0.15, -0.1) is 0 Å². The SMILES string of the molecule is CCCCCCn1c2cc(Br)ccc2c2cc(C3OC(=O)c4ccccc43)c(Br)cc21. The second-order valence-electron chi connectivity index (χ2n) is 8.14. The van der Waals surface area contributed by atoms with Gasteiger partial charge < -0.3 is 9.30 Å². The van der Waals surface area contributed by atoms with Gasteiger partial charge in [-0.25, -0.2) is 4.79 Å². The van der Waals surface area contributed by atoms with Crippen LogP contribution in [0.5, 0.6) is 0 Å². The van der Waals surface area contributed by atoms with Gasteiger partial charge in [0.15, 0.2) is 6.10 Å². The molecule has 0 aliphatic carbocycles. The molecule has 0 amide bonds. The third-order valence-corrected chi connectivity index (χ3v) is 7.33. The second-order valence-corrected chi connectivity index (χ2v) is 9.91. The Bertz CT molecular complexity index is 1310. The molecule has 3 nitrogen and oxygen atoms in total. The summed E-state index contributed by atoms with van der Waals surface area (Å²) in [6, 6.07) is 18.5. The number of nitrogens with zero attached hydrogens (tertiary/aromatic N) is 1. The Labute approximate surface area is 198 Å². The topological polar surface area (TPSA) is 31.2 Å². The first kappa shape index (κ1) is 20.8. The van der Waals surface area contributed by atoms with E-state index in [1.165, 1.54) is 41.1 Å². The van der Waals surface area contributed by atoms with Crippen LogP contribution in [0.4, 0.5) is 0 Å². The molecule has 0 saturated carbocycles. The number of fused-ring (bicyclic) bond motifs is 4. The summed E-state index contributed by atoms with van der Waals surface area (Å²) < 4.78 is 10.3. The van der Waals surface area contributed by atoms with Gasteiger partial charge in [0.25, 0.3) is 0 Å². The highest BCUT2D eigenvalue weighted by Crippen LogP contribution is 2.42. The first-order valence-electron chi connectivity index (χ1n) is 10.8. The lowest BCUT2D eigenvalue weighted by Gasteiger charge is -2.14. The maximum atomic E-state index is 12.4. The molecular formula is C26H23Br2NO2. The third kappa shape index (κ3) is 3.62. The maximum absolute atomic E-state index is 12.4. The molecule has 1 aliphatic rings. The summed E-state index contributed by atoms with van der Waals surface area (Å²) in [7, 11) is 0. The molecule has 0 saturated heterocycles. The van der Waals surface area contributed by atoms with E-state index in [2.05, 4.69) is 73.7 Å². The molecule has 0 N–H and O–H groups in total. The number of benzene rings is 3. The Morgan fingerprint density at radius 1 is 0.903 bits per heavy atom. The van der Waals surface area contributed by atoms with Gasteiger partial charge in [-0.1, -0.05) is 82.3 Å². The van der Waals surface area contributed by atoms with E-state index in [9.17, 15) is 4.79 Å². The van der Waals surface area contributed by atoms with Crippen LogP contribution in [0.25, 0.3) is 21.8 Å². The number of esters is 1. The molecule has 0 bridgehead atoms. The van der Waals surface area contributed by atoms with Crippen molar-refractivity contribution in [3.05, 3.63) is 80.2 Å². The smallest absolute Gasteiger partial charge is 0.339 e. The fourth-order valence-corrected chi connectivity index (χ4v) is 5.51. The summed E-state index contributed by atoms with van der Waals surface area (Å²) in [6.07, 6.45) is 4.50. The minimum absolute atomic E-state index is 0.255. The molecule has 5 rings (SSSR count). The van der Waals surface area contributed by atoms with E-state index in [-0.39, 0.29) is 12.1 Å². The average Bonchev–Trinajstić information content (AvgIpc) is 3.25. The number of hydrogen-bond donors (Lipinski definition) is 0. The van der Waals surface area contributed by atoms with Crippen LogP contribution in [0.2, 0.25) is 0 Å². The first-order valence-corrected chi connectivity index (χ1v) is 12.4. The Morgan fingerprint density at radius 3 is 2.55 bits per heavy atom. The van der Waals surface area contributed by atoms with Crippen molar-refractivity contribution in [2.75, 3.05) is 0 Å². The van der Waals surface area contributed by atoms with Gasteiger partial charge in [0, 0.05) is 37.4 Å². The van der Waals surface area contributed by atoms with E-state index in [0.717, 1.165) is 33.0 Å². The standard InChI is InChI=1S/C26H23Br2NO2/c1-2-3-4-7-12-29-23-13-16(27)10-11-17(23)20-14-21(22(28)15-24(20)29)25-18-8-5-6-9-19(18)26(30)31-25/h5-6,8-11,13-15,25H,2-4,7,12H2,1H3. The van der Waals surface area contributed by atoms with Crippen LogP contribution < -0.4 is 0 Å². The quantitative estimate of drug-likeness (QED) is 0.182. The molecule has 1 aromatic heterocycles. The molecule has 2 heterocycles. The number of halogens is 2. The minimum atomic E-state index is -0.388. The molecule has 5 heteroatoms. The lowest BCUT2D eigenvalue weighted by molar-refractivity contribution is 0.0455. The van der Waals surface area contributed by atoms with E-state index in [4.69, 9.17) is 4.74 Å². The molecule has 31 heavy (non-hydrogen) atoms. The van der Waals surface area contributed by atoms with E-state index >= 15 is 0 Å². The molecule has 1 aliphatic heterocycles. The molecule has 158 valence electrons. The van der Waals surface area contributed by atoms with Crippen LogP contribution in [-0.4, -0.2) is 10.5 Å². The van der Waals surface area contributed by atoms with Crippen molar-refractivity contribution in [1.29, 1.82) is 0 Å². The van der Waals surface area contributed by atoms with Gasteiger partial charge in [-0.2, -0.15) is 0 Å². The number of carbonyl (C=O) groups excluding carboxylic acids is 1. The normalized spacial score (nSPS) is 15.6. The first-order chi connectivity index (χ1) is 15.1. The molecule has 1 unspecified atom stereocenters. The van der Waals surface area contributed by atoms with E-state index in [1.54, 1.807) is 0 Å². The van der Waals surface area contributed by atoms with Crippen molar-refractivity contribution >= 4 is 59.6 Å². The van der Waals surface area contributed by atoms with Crippen LogP contribution >= 0.6 is 31.9 Å². The zero-order valence-corrected chi connectivity index (χ0v) is 20.5. The molecular weight excluding hydrogens is 518 g/mol. The van der Waals surface area contributed by atoms with Gasteiger partial charge in [0.1, 0.15) is 0 Å². The van der Waals surface area contributed by atoms with E-state index < -0.39 is 0 Å². The number of unbranched alkanes of at least 4 members (excludes halogenated alkanes) is 3. The Balaban J connectivity index is 1.66. The van der Waals surface area contributed by atoms with Crippen LogP contribution in [-0.2, 0) is 11.3 Å². The van der Waals surface area contributed by atoms with Gasteiger partial charge >= 0.3 is 5.97 Å².